The molecular weight excluding hydrogens is 304 g/mol. The van der Waals surface area contributed by atoms with Crippen LogP contribution >= 0.6 is 15.9 Å². The van der Waals surface area contributed by atoms with E-state index in [1.54, 1.807) is 6.08 Å². The lowest BCUT2D eigenvalue weighted by atomic mass is 10.3. The number of aromatic nitrogens is 2. The third-order valence-corrected chi connectivity index (χ3v) is 2.69. The second-order valence-electron chi connectivity index (χ2n) is 3.26. The minimum atomic E-state index is -0.616. The molecule has 1 aromatic heterocycles. The van der Waals surface area contributed by atoms with Crippen molar-refractivity contribution >= 4 is 28.2 Å². The Morgan fingerprint density at radius 1 is 1.56 bits per heavy atom. The number of nitrogens with zero attached hydrogens (tertiary/aromatic N) is 2. The van der Waals surface area contributed by atoms with Gasteiger partial charge in [-0.2, -0.15) is 0 Å². The number of carbonyl (C=O) groups is 2. The highest BCUT2D eigenvalue weighted by Gasteiger charge is 2.22. The molecule has 0 amide bonds. The number of carbonyl (C=O) groups excluding carboxylic acids is 2. The maximum atomic E-state index is 11.9. The first-order valence-electron chi connectivity index (χ1n) is 5.13. The predicted molar refractivity (Wildman–Crippen MR) is 67.7 cm³/mol. The summed E-state index contributed by atoms with van der Waals surface area (Å²) in [5.74, 6) is -0.616. The van der Waals surface area contributed by atoms with Crippen molar-refractivity contribution in [1.29, 1.82) is 0 Å². The van der Waals surface area contributed by atoms with Crippen LogP contribution in [0.15, 0.2) is 17.4 Å². The second-order valence-corrected chi connectivity index (χ2v) is 3.97. The monoisotopic (exact) mass is 316 g/mol. The zero-order chi connectivity index (χ0) is 13.5. The zero-order valence-corrected chi connectivity index (χ0v) is 11.5. The summed E-state index contributed by atoms with van der Waals surface area (Å²) < 4.78 is 11.6. The van der Waals surface area contributed by atoms with Crippen LogP contribution in [0.2, 0.25) is 0 Å². The highest BCUT2D eigenvalue weighted by Crippen LogP contribution is 2.17. The van der Waals surface area contributed by atoms with Crippen molar-refractivity contribution in [2.45, 2.75) is 6.54 Å². The lowest BCUT2D eigenvalue weighted by Gasteiger charge is -2.07. The Kier molecular flexibility index (Phi) is 5.73. The molecule has 1 rings (SSSR count). The highest BCUT2D eigenvalue weighted by molar-refractivity contribution is 9.10. The molecule has 0 fully saturated rings. The molecule has 0 radical (unpaired) electrons. The third-order valence-electron chi connectivity index (χ3n) is 2.09. The Morgan fingerprint density at radius 2 is 2.28 bits per heavy atom. The van der Waals surface area contributed by atoms with Crippen LogP contribution in [0.5, 0.6) is 0 Å². The van der Waals surface area contributed by atoms with E-state index >= 15 is 0 Å². The third kappa shape index (κ3) is 3.27. The Morgan fingerprint density at radius 3 is 2.83 bits per heavy atom. The van der Waals surface area contributed by atoms with Gasteiger partial charge >= 0.3 is 5.97 Å². The summed E-state index contributed by atoms with van der Waals surface area (Å²) >= 11 is 3.17. The van der Waals surface area contributed by atoms with Gasteiger partial charge in [0.25, 0.3) is 0 Å². The van der Waals surface area contributed by atoms with Gasteiger partial charge in [0.15, 0.2) is 16.7 Å². The average molecular weight is 317 g/mol. The van der Waals surface area contributed by atoms with Gasteiger partial charge in [-0.05, 0) is 15.9 Å². The van der Waals surface area contributed by atoms with Gasteiger partial charge < -0.3 is 14.0 Å². The summed E-state index contributed by atoms with van der Waals surface area (Å²) in [5.41, 5.74) is 0.138. The second kappa shape index (κ2) is 7.07. The standard InChI is InChI=1S/C11H13BrN2O4/c1-3-4-14-9(8(7-15)13-11(14)12)10(16)18-6-5-17-2/h3,7H,1,4-6H2,2H3. The van der Waals surface area contributed by atoms with Crippen molar-refractivity contribution in [3.8, 4) is 0 Å². The molecule has 0 saturated heterocycles. The van der Waals surface area contributed by atoms with Gasteiger partial charge in [-0.25, -0.2) is 9.78 Å². The fraction of sp³-hybridized carbons (Fsp3) is 0.364. The number of halogens is 1. The first kappa shape index (κ1) is 14.6. The molecule has 0 bridgehead atoms. The first-order chi connectivity index (χ1) is 8.65. The quantitative estimate of drug-likeness (QED) is 0.329. The van der Waals surface area contributed by atoms with E-state index < -0.39 is 5.97 Å². The molecule has 7 heteroatoms. The average Bonchev–Trinajstić information content (AvgIpc) is 2.67. The van der Waals surface area contributed by atoms with Crippen molar-refractivity contribution in [1.82, 2.24) is 9.55 Å². The summed E-state index contributed by atoms with van der Waals surface area (Å²) in [4.78, 5) is 26.7. The molecule has 0 N–H and O–H groups in total. The number of rotatable bonds is 7. The van der Waals surface area contributed by atoms with Crippen LogP contribution in [0.25, 0.3) is 0 Å². The summed E-state index contributed by atoms with van der Waals surface area (Å²) in [6.45, 7) is 4.33. The lowest BCUT2D eigenvalue weighted by Crippen LogP contribution is -2.16. The van der Waals surface area contributed by atoms with Crippen molar-refractivity contribution < 1.29 is 19.1 Å². The first-order valence-corrected chi connectivity index (χ1v) is 5.93. The van der Waals surface area contributed by atoms with E-state index in [-0.39, 0.29) is 18.0 Å². The Balaban J connectivity index is 2.99. The van der Waals surface area contributed by atoms with Crippen molar-refractivity contribution in [3.63, 3.8) is 0 Å². The van der Waals surface area contributed by atoms with E-state index in [9.17, 15) is 9.59 Å². The van der Waals surface area contributed by atoms with Crippen LogP contribution in [-0.2, 0) is 16.0 Å². The SMILES string of the molecule is C=CCn1c(Br)nc(C=O)c1C(=O)OCCOC. The molecule has 0 unspecified atom stereocenters. The lowest BCUT2D eigenvalue weighted by molar-refractivity contribution is 0.0375. The Hall–Kier alpha value is -1.47. The Bertz CT molecular complexity index is 456. The number of methoxy groups -OCH3 is 1. The van der Waals surface area contributed by atoms with E-state index in [4.69, 9.17) is 9.47 Å². The van der Waals surface area contributed by atoms with Gasteiger partial charge in [-0.15, -0.1) is 6.58 Å². The van der Waals surface area contributed by atoms with E-state index in [1.165, 1.54) is 11.7 Å². The summed E-state index contributed by atoms with van der Waals surface area (Å²) in [6.07, 6.45) is 2.10. The number of hydrogen-bond donors (Lipinski definition) is 0. The summed E-state index contributed by atoms with van der Waals surface area (Å²) in [7, 11) is 1.50. The van der Waals surface area contributed by atoms with Crippen LogP contribution in [-0.4, -0.2) is 42.1 Å². The van der Waals surface area contributed by atoms with Crippen LogP contribution in [0, 0.1) is 0 Å². The molecule has 18 heavy (non-hydrogen) atoms. The van der Waals surface area contributed by atoms with E-state index in [0.29, 0.717) is 24.2 Å². The summed E-state index contributed by atoms with van der Waals surface area (Å²) in [6, 6.07) is 0. The number of allylic oxidation sites excluding steroid dienone is 1. The number of imidazole rings is 1. The maximum absolute atomic E-state index is 11.9. The fourth-order valence-electron chi connectivity index (χ4n) is 1.32. The molecule has 0 aliphatic carbocycles. The Labute approximate surface area is 113 Å². The van der Waals surface area contributed by atoms with Crippen LogP contribution in [0.4, 0.5) is 0 Å². The van der Waals surface area contributed by atoms with Gasteiger partial charge in [0.1, 0.15) is 12.3 Å². The van der Waals surface area contributed by atoms with E-state index in [1.807, 2.05) is 0 Å². The highest BCUT2D eigenvalue weighted by atomic mass is 79.9. The minimum Gasteiger partial charge on any atom is -0.459 e. The number of esters is 1. The van der Waals surface area contributed by atoms with Crippen molar-refractivity contribution in [3.05, 3.63) is 28.8 Å². The van der Waals surface area contributed by atoms with Crippen molar-refractivity contribution in [2.75, 3.05) is 20.3 Å². The largest absolute Gasteiger partial charge is 0.459 e. The van der Waals surface area contributed by atoms with E-state index in [0.717, 1.165) is 0 Å². The maximum Gasteiger partial charge on any atom is 0.357 e. The summed E-state index contributed by atoms with van der Waals surface area (Å²) in [5, 5.41) is 0. The number of hydrogen-bond acceptors (Lipinski definition) is 5. The minimum absolute atomic E-state index is 0.0335. The molecule has 98 valence electrons. The van der Waals surface area contributed by atoms with Gasteiger partial charge in [-0.3, -0.25) is 4.79 Å². The van der Waals surface area contributed by atoms with Crippen LogP contribution in [0.3, 0.4) is 0 Å². The molecule has 0 aliphatic heterocycles. The van der Waals surface area contributed by atoms with Gasteiger partial charge in [-0.1, -0.05) is 6.08 Å². The van der Waals surface area contributed by atoms with Gasteiger partial charge in [0, 0.05) is 13.7 Å². The van der Waals surface area contributed by atoms with E-state index in [2.05, 4.69) is 27.5 Å². The molecule has 1 heterocycles. The van der Waals surface area contributed by atoms with Gasteiger partial charge in [0.05, 0.1) is 6.61 Å². The normalized spacial score (nSPS) is 10.1. The molecule has 0 saturated carbocycles. The smallest absolute Gasteiger partial charge is 0.357 e. The molecule has 0 aromatic carbocycles. The molecular formula is C11H13BrN2O4. The molecule has 1 aromatic rings. The van der Waals surface area contributed by atoms with Crippen LogP contribution < -0.4 is 0 Å². The topological polar surface area (TPSA) is 70.4 Å². The molecule has 0 atom stereocenters. The molecule has 0 aliphatic rings. The molecule has 6 nitrogen and oxygen atoms in total. The molecule has 0 spiro atoms. The predicted octanol–water partition coefficient (Wildman–Crippen LogP) is 1.45. The number of aldehydes is 1. The fourth-order valence-corrected chi connectivity index (χ4v) is 1.84. The van der Waals surface area contributed by atoms with Gasteiger partial charge in [0.2, 0.25) is 0 Å². The number of ether oxygens (including phenoxy) is 2. The van der Waals surface area contributed by atoms with Crippen molar-refractivity contribution in [2.24, 2.45) is 0 Å². The van der Waals surface area contributed by atoms with Crippen LogP contribution in [0.1, 0.15) is 21.0 Å². The zero-order valence-electron chi connectivity index (χ0n) is 9.89.